The number of hydrogen-bond acceptors (Lipinski definition) is 5. The minimum atomic E-state index is -0.475. The van der Waals surface area contributed by atoms with Crippen molar-refractivity contribution in [3.05, 3.63) is 40.8 Å². The number of carbonyl (C=O) groups is 2. The first-order valence-corrected chi connectivity index (χ1v) is 9.33. The predicted octanol–water partition coefficient (Wildman–Crippen LogP) is 0.0392. The Hall–Kier alpha value is -2.94. The van der Waals surface area contributed by atoms with Crippen molar-refractivity contribution in [2.24, 2.45) is 0 Å². The van der Waals surface area contributed by atoms with Crippen LogP contribution >= 0.6 is 0 Å². The van der Waals surface area contributed by atoms with Gasteiger partial charge in [0.2, 0.25) is 5.91 Å². The van der Waals surface area contributed by atoms with Crippen molar-refractivity contribution in [3.63, 3.8) is 0 Å². The molecule has 1 spiro atoms. The number of morpholine rings is 1. The fraction of sp³-hybridized carbons (Fsp3) is 0.474. The molecule has 4 rings (SSSR count). The van der Waals surface area contributed by atoms with Gasteiger partial charge >= 0.3 is 6.03 Å². The number of carbonyl (C=O) groups excluding carboxylic acids is 2. The lowest BCUT2D eigenvalue weighted by Crippen LogP contribution is -2.55. The molecule has 2 fully saturated rings. The highest BCUT2D eigenvalue weighted by Crippen LogP contribution is 2.29. The molecule has 9 nitrogen and oxygen atoms in total. The van der Waals surface area contributed by atoms with Crippen LogP contribution in [0.3, 0.4) is 0 Å². The fourth-order valence-corrected chi connectivity index (χ4v) is 3.82. The van der Waals surface area contributed by atoms with E-state index in [2.05, 4.69) is 10.4 Å². The van der Waals surface area contributed by atoms with Gasteiger partial charge in [-0.25, -0.2) is 9.48 Å². The van der Waals surface area contributed by atoms with Crippen LogP contribution in [0, 0.1) is 0 Å². The Labute approximate surface area is 161 Å². The molecular weight excluding hydrogens is 362 g/mol. The zero-order valence-corrected chi connectivity index (χ0v) is 15.8. The number of hydrogen-bond donors (Lipinski definition) is 1. The molecule has 0 bridgehead atoms. The van der Waals surface area contributed by atoms with Crippen molar-refractivity contribution in [2.75, 3.05) is 39.8 Å². The lowest BCUT2D eigenvalue weighted by molar-refractivity contribution is -0.158. The van der Waals surface area contributed by atoms with E-state index in [-0.39, 0.29) is 24.1 Å². The minimum absolute atomic E-state index is 0.0400. The first-order valence-electron chi connectivity index (χ1n) is 9.33. The number of aromatic nitrogens is 2. The number of fused-ring (bicyclic) bond motifs is 1. The number of nitrogens with zero attached hydrogens (tertiary/aromatic N) is 4. The third-order valence-corrected chi connectivity index (χ3v) is 5.42. The molecule has 1 N–H and O–H groups in total. The summed E-state index contributed by atoms with van der Waals surface area (Å²) < 4.78 is 7.11. The van der Waals surface area contributed by atoms with E-state index in [9.17, 15) is 14.4 Å². The van der Waals surface area contributed by atoms with Crippen molar-refractivity contribution in [1.82, 2.24) is 24.9 Å². The SMILES string of the molecule is CN1CC2(CCN(C(=O)NCCn3ncc4ccccc4c3=O)C2)OCC1=O. The lowest BCUT2D eigenvalue weighted by Gasteiger charge is -2.38. The van der Waals surface area contributed by atoms with Crippen molar-refractivity contribution < 1.29 is 14.3 Å². The van der Waals surface area contributed by atoms with Gasteiger partial charge < -0.3 is 19.9 Å². The molecule has 0 aliphatic carbocycles. The average Bonchev–Trinajstić information content (AvgIpc) is 3.11. The standard InChI is InChI=1S/C19H23N5O4/c1-22-12-19(28-11-16(22)25)6-8-23(13-19)18(27)20-7-9-24-17(26)15-5-3-2-4-14(15)10-21-24/h2-5,10H,6-9,11-13H2,1H3,(H,20,27). The van der Waals surface area contributed by atoms with Gasteiger partial charge in [0.1, 0.15) is 12.2 Å². The van der Waals surface area contributed by atoms with Gasteiger partial charge in [-0.1, -0.05) is 18.2 Å². The molecular formula is C19H23N5O4. The second-order valence-corrected chi connectivity index (χ2v) is 7.39. The molecule has 0 radical (unpaired) electrons. The van der Waals surface area contributed by atoms with Gasteiger partial charge in [-0.3, -0.25) is 9.59 Å². The van der Waals surface area contributed by atoms with Crippen molar-refractivity contribution in [1.29, 1.82) is 0 Å². The van der Waals surface area contributed by atoms with E-state index >= 15 is 0 Å². The van der Waals surface area contributed by atoms with Crippen LogP contribution in [0.2, 0.25) is 0 Å². The van der Waals surface area contributed by atoms with Crippen LogP contribution in [0.4, 0.5) is 4.79 Å². The minimum Gasteiger partial charge on any atom is -0.361 e. The summed E-state index contributed by atoms with van der Waals surface area (Å²) in [6, 6.07) is 7.09. The average molecular weight is 385 g/mol. The molecule has 1 unspecified atom stereocenters. The highest BCUT2D eigenvalue weighted by atomic mass is 16.5. The van der Waals surface area contributed by atoms with Crippen molar-refractivity contribution >= 4 is 22.7 Å². The molecule has 148 valence electrons. The Morgan fingerprint density at radius 3 is 2.93 bits per heavy atom. The third kappa shape index (κ3) is 3.45. The van der Waals surface area contributed by atoms with E-state index in [1.807, 2.05) is 18.2 Å². The lowest BCUT2D eigenvalue weighted by atomic mass is 10.0. The maximum Gasteiger partial charge on any atom is 0.317 e. The van der Waals surface area contributed by atoms with E-state index in [1.54, 1.807) is 29.1 Å². The normalized spacial score (nSPS) is 22.2. The topological polar surface area (TPSA) is 96.8 Å². The summed E-state index contributed by atoms with van der Waals surface area (Å²) in [6.45, 7) is 2.16. The number of benzene rings is 1. The predicted molar refractivity (Wildman–Crippen MR) is 102 cm³/mol. The van der Waals surface area contributed by atoms with Crippen molar-refractivity contribution in [3.8, 4) is 0 Å². The molecule has 2 aliphatic rings. The zero-order valence-electron chi connectivity index (χ0n) is 15.8. The van der Waals surface area contributed by atoms with Crippen LogP contribution in [0.1, 0.15) is 6.42 Å². The van der Waals surface area contributed by atoms with E-state index < -0.39 is 5.60 Å². The Bertz CT molecular complexity index is 974. The monoisotopic (exact) mass is 385 g/mol. The van der Waals surface area contributed by atoms with Gasteiger partial charge in [0, 0.05) is 25.5 Å². The van der Waals surface area contributed by atoms with Crippen LogP contribution in [0.15, 0.2) is 35.3 Å². The number of likely N-dealkylation sites (N-methyl/N-ethyl adjacent to an activating group) is 1. The van der Waals surface area contributed by atoms with Gasteiger partial charge in [-0.05, 0) is 12.5 Å². The highest BCUT2D eigenvalue weighted by Gasteiger charge is 2.45. The van der Waals surface area contributed by atoms with Crippen LogP contribution in [-0.4, -0.2) is 77.0 Å². The van der Waals surface area contributed by atoms with Crippen LogP contribution in [0.25, 0.3) is 10.8 Å². The van der Waals surface area contributed by atoms with E-state index in [4.69, 9.17) is 4.74 Å². The molecule has 1 atom stereocenters. The molecule has 2 saturated heterocycles. The smallest absolute Gasteiger partial charge is 0.317 e. The summed E-state index contributed by atoms with van der Waals surface area (Å²) in [7, 11) is 1.75. The van der Waals surface area contributed by atoms with E-state index in [1.165, 1.54) is 4.68 Å². The molecule has 2 aromatic rings. The Balaban J connectivity index is 1.33. The fourth-order valence-electron chi connectivity index (χ4n) is 3.82. The largest absolute Gasteiger partial charge is 0.361 e. The second-order valence-electron chi connectivity index (χ2n) is 7.39. The van der Waals surface area contributed by atoms with Gasteiger partial charge in [0.15, 0.2) is 0 Å². The van der Waals surface area contributed by atoms with Crippen LogP contribution in [-0.2, 0) is 16.1 Å². The molecule has 3 heterocycles. The molecule has 3 amide bonds. The van der Waals surface area contributed by atoms with Gasteiger partial charge in [0.25, 0.3) is 5.56 Å². The number of likely N-dealkylation sites (tertiary alicyclic amines) is 1. The number of nitrogens with one attached hydrogen (secondary N) is 1. The first kappa shape index (κ1) is 18.4. The summed E-state index contributed by atoms with van der Waals surface area (Å²) in [5, 5.41) is 8.41. The molecule has 2 aliphatic heterocycles. The number of ether oxygens (including phenoxy) is 1. The molecule has 9 heteroatoms. The summed E-state index contributed by atoms with van der Waals surface area (Å²) in [5.74, 6) is -0.0400. The molecule has 1 aromatic carbocycles. The molecule has 0 saturated carbocycles. The maximum atomic E-state index is 12.5. The zero-order chi connectivity index (χ0) is 19.7. The number of amides is 3. The van der Waals surface area contributed by atoms with Crippen LogP contribution < -0.4 is 10.9 Å². The van der Waals surface area contributed by atoms with E-state index in [0.29, 0.717) is 44.5 Å². The van der Waals surface area contributed by atoms with Gasteiger partial charge in [-0.2, -0.15) is 5.10 Å². The summed E-state index contributed by atoms with van der Waals surface area (Å²) in [6.07, 6.45) is 2.35. The third-order valence-electron chi connectivity index (χ3n) is 5.42. The first-order chi connectivity index (χ1) is 13.5. The quantitative estimate of drug-likeness (QED) is 0.805. The number of urea groups is 1. The summed E-state index contributed by atoms with van der Waals surface area (Å²) in [4.78, 5) is 39.9. The molecule has 1 aromatic heterocycles. The van der Waals surface area contributed by atoms with Gasteiger partial charge in [0.05, 0.1) is 31.2 Å². The van der Waals surface area contributed by atoms with E-state index in [0.717, 1.165) is 5.39 Å². The Morgan fingerprint density at radius 2 is 2.11 bits per heavy atom. The van der Waals surface area contributed by atoms with Crippen LogP contribution in [0.5, 0.6) is 0 Å². The molecule has 28 heavy (non-hydrogen) atoms. The summed E-state index contributed by atoms with van der Waals surface area (Å²) in [5.41, 5.74) is -0.646. The Morgan fingerprint density at radius 1 is 1.29 bits per heavy atom. The highest BCUT2D eigenvalue weighted by molar-refractivity contribution is 5.80. The van der Waals surface area contributed by atoms with Gasteiger partial charge in [-0.15, -0.1) is 0 Å². The Kier molecular flexibility index (Phi) is 4.76. The number of rotatable bonds is 3. The van der Waals surface area contributed by atoms with Crippen molar-refractivity contribution in [2.45, 2.75) is 18.6 Å². The second kappa shape index (κ2) is 7.23. The maximum absolute atomic E-state index is 12.5. The summed E-state index contributed by atoms with van der Waals surface area (Å²) >= 11 is 0.